The van der Waals surface area contributed by atoms with Gasteiger partial charge in [-0.25, -0.2) is 0 Å². The second-order valence-electron chi connectivity index (χ2n) is 1.80. The van der Waals surface area contributed by atoms with Crippen molar-refractivity contribution in [2.24, 2.45) is 0 Å². The van der Waals surface area contributed by atoms with Gasteiger partial charge in [-0.2, -0.15) is 0 Å². The van der Waals surface area contributed by atoms with Crippen molar-refractivity contribution in [3.8, 4) is 0 Å². The summed E-state index contributed by atoms with van der Waals surface area (Å²) in [6, 6.07) is 0. The largest absolute Gasteiger partial charge is 0.497 e. The zero-order valence-corrected chi connectivity index (χ0v) is 6.18. The van der Waals surface area contributed by atoms with Gasteiger partial charge in [-0.15, -0.1) is 0 Å². The average molecular weight is 126 g/mol. The molecular formula is C8H14O. The van der Waals surface area contributed by atoms with E-state index >= 15 is 0 Å². The summed E-state index contributed by atoms with van der Waals surface area (Å²) in [6.07, 6.45) is 5.97. The zero-order chi connectivity index (χ0) is 7.11. The predicted octanol–water partition coefficient (Wildman–Crippen LogP) is 2.50. The summed E-state index contributed by atoms with van der Waals surface area (Å²) in [5, 5.41) is 0. The van der Waals surface area contributed by atoms with Crippen LogP contribution in [0, 0.1) is 0 Å². The SMILES string of the molecule is C=C/C(=C/CCC)OC. The summed E-state index contributed by atoms with van der Waals surface area (Å²) in [4.78, 5) is 0. The van der Waals surface area contributed by atoms with Crippen molar-refractivity contribution in [3.05, 3.63) is 24.5 Å². The molecule has 0 aromatic rings. The van der Waals surface area contributed by atoms with Crippen LogP contribution in [0.3, 0.4) is 0 Å². The van der Waals surface area contributed by atoms with E-state index < -0.39 is 0 Å². The van der Waals surface area contributed by atoms with E-state index in [1.165, 1.54) is 0 Å². The van der Waals surface area contributed by atoms with Gasteiger partial charge in [0.25, 0.3) is 0 Å². The van der Waals surface area contributed by atoms with Gasteiger partial charge in [0.2, 0.25) is 0 Å². The topological polar surface area (TPSA) is 9.23 Å². The Morgan fingerprint density at radius 1 is 1.67 bits per heavy atom. The van der Waals surface area contributed by atoms with Crippen LogP contribution >= 0.6 is 0 Å². The molecular weight excluding hydrogens is 112 g/mol. The number of allylic oxidation sites excluding steroid dienone is 2. The Labute approximate surface area is 57.0 Å². The molecule has 0 saturated heterocycles. The first-order chi connectivity index (χ1) is 4.35. The minimum atomic E-state index is 0.872. The molecule has 0 fully saturated rings. The molecule has 0 spiro atoms. The maximum absolute atomic E-state index is 4.94. The minimum absolute atomic E-state index is 0.872. The molecule has 0 aromatic carbocycles. The number of methoxy groups -OCH3 is 1. The Balaban J connectivity index is 3.61. The van der Waals surface area contributed by atoms with E-state index in [0.29, 0.717) is 0 Å². The number of hydrogen-bond acceptors (Lipinski definition) is 1. The summed E-state index contributed by atoms with van der Waals surface area (Å²) < 4.78 is 4.94. The summed E-state index contributed by atoms with van der Waals surface area (Å²) in [5.74, 6) is 0.872. The highest BCUT2D eigenvalue weighted by atomic mass is 16.5. The van der Waals surface area contributed by atoms with E-state index in [2.05, 4.69) is 13.5 Å². The predicted molar refractivity (Wildman–Crippen MR) is 40.2 cm³/mol. The van der Waals surface area contributed by atoms with Crippen molar-refractivity contribution in [1.82, 2.24) is 0 Å². The van der Waals surface area contributed by atoms with Crippen LogP contribution in [0.25, 0.3) is 0 Å². The van der Waals surface area contributed by atoms with Crippen LogP contribution < -0.4 is 0 Å². The van der Waals surface area contributed by atoms with Crippen LogP contribution in [0.1, 0.15) is 19.8 Å². The van der Waals surface area contributed by atoms with Gasteiger partial charge >= 0.3 is 0 Å². The molecule has 0 amide bonds. The second-order valence-corrected chi connectivity index (χ2v) is 1.80. The highest BCUT2D eigenvalue weighted by Gasteiger charge is 1.83. The first-order valence-electron chi connectivity index (χ1n) is 3.21. The molecule has 0 aliphatic carbocycles. The van der Waals surface area contributed by atoms with Crippen molar-refractivity contribution in [1.29, 1.82) is 0 Å². The molecule has 0 aromatic heterocycles. The van der Waals surface area contributed by atoms with Crippen LogP contribution in [0.15, 0.2) is 24.5 Å². The van der Waals surface area contributed by atoms with Crippen molar-refractivity contribution in [2.75, 3.05) is 7.11 Å². The van der Waals surface area contributed by atoms with Crippen LogP contribution in [-0.2, 0) is 4.74 Å². The standard InChI is InChI=1S/C8H14O/c1-4-6-7-8(5-2)9-3/h5,7H,2,4,6H2,1,3H3/b8-7-. The third-order valence-electron chi connectivity index (χ3n) is 1.07. The molecule has 0 atom stereocenters. The molecule has 0 N–H and O–H groups in total. The molecule has 0 aliphatic rings. The fraction of sp³-hybridized carbons (Fsp3) is 0.500. The van der Waals surface area contributed by atoms with Crippen LogP contribution in [-0.4, -0.2) is 7.11 Å². The Kier molecular flexibility index (Phi) is 4.98. The maximum Gasteiger partial charge on any atom is 0.114 e. The second kappa shape index (κ2) is 5.42. The fourth-order valence-corrected chi connectivity index (χ4v) is 0.537. The fourth-order valence-electron chi connectivity index (χ4n) is 0.537. The lowest BCUT2D eigenvalue weighted by atomic mass is 10.3. The van der Waals surface area contributed by atoms with Crippen molar-refractivity contribution in [3.63, 3.8) is 0 Å². The molecule has 0 radical (unpaired) electrons. The van der Waals surface area contributed by atoms with E-state index in [-0.39, 0.29) is 0 Å². The third kappa shape index (κ3) is 3.83. The van der Waals surface area contributed by atoms with E-state index in [4.69, 9.17) is 4.74 Å². The molecule has 0 bridgehead atoms. The quantitative estimate of drug-likeness (QED) is 0.415. The first-order valence-corrected chi connectivity index (χ1v) is 3.21. The van der Waals surface area contributed by atoms with Gasteiger partial charge in [-0.3, -0.25) is 0 Å². The third-order valence-corrected chi connectivity index (χ3v) is 1.07. The summed E-state index contributed by atoms with van der Waals surface area (Å²) >= 11 is 0. The molecule has 9 heavy (non-hydrogen) atoms. The summed E-state index contributed by atoms with van der Waals surface area (Å²) in [7, 11) is 1.66. The van der Waals surface area contributed by atoms with Gasteiger partial charge in [0.15, 0.2) is 0 Å². The molecule has 0 aliphatic heterocycles. The Bertz CT molecular complexity index is 103. The van der Waals surface area contributed by atoms with Crippen LogP contribution in [0.5, 0.6) is 0 Å². The molecule has 52 valence electrons. The van der Waals surface area contributed by atoms with E-state index in [9.17, 15) is 0 Å². The summed E-state index contributed by atoms with van der Waals surface area (Å²) in [6.45, 7) is 5.72. The Morgan fingerprint density at radius 3 is 2.67 bits per heavy atom. The normalized spacial score (nSPS) is 11.1. The number of ether oxygens (including phenoxy) is 1. The monoisotopic (exact) mass is 126 g/mol. The molecule has 1 heteroatoms. The number of hydrogen-bond donors (Lipinski definition) is 0. The Hall–Kier alpha value is -0.720. The molecule has 0 rings (SSSR count). The van der Waals surface area contributed by atoms with Gasteiger partial charge in [0, 0.05) is 0 Å². The minimum Gasteiger partial charge on any atom is -0.497 e. The van der Waals surface area contributed by atoms with Crippen LogP contribution in [0.4, 0.5) is 0 Å². The first kappa shape index (κ1) is 8.28. The van der Waals surface area contributed by atoms with E-state index in [0.717, 1.165) is 18.6 Å². The molecule has 0 saturated carbocycles. The zero-order valence-electron chi connectivity index (χ0n) is 6.18. The molecule has 0 unspecified atom stereocenters. The number of unbranched alkanes of at least 4 members (excludes halogenated alkanes) is 1. The molecule has 1 nitrogen and oxygen atoms in total. The highest BCUT2D eigenvalue weighted by Crippen LogP contribution is 1.99. The van der Waals surface area contributed by atoms with Crippen molar-refractivity contribution < 1.29 is 4.74 Å². The average Bonchev–Trinajstić information content (AvgIpc) is 1.91. The summed E-state index contributed by atoms with van der Waals surface area (Å²) in [5.41, 5.74) is 0. The van der Waals surface area contributed by atoms with Gasteiger partial charge in [-0.1, -0.05) is 19.9 Å². The Morgan fingerprint density at radius 2 is 2.33 bits per heavy atom. The van der Waals surface area contributed by atoms with Crippen molar-refractivity contribution >= 4 is 0 Å². The highest BCUT2D eigenvalue weighted by molar-refractivity contribution is 5.07. The van der Waals surface area contributed by atoms with Gasteiger partial charge in [-0.05, 0) is 18.6 Å². The van der Waals surface area contributed by atoms with E-state index in [1.54, 1.807) is 13.2 Å². The lowest BCUT2D eigenvalue weighted by Crippen LogP contribution is -1.79. The van der Waals surface area contributed by atoms with E-state index in [1.807, 2.05) is 6.08 Å². The van der Waals surface area contributed by atoms with Gasteiger partial charge < -0.3 is 4.74 Å². The van der Waals surface area contributed by atoms with Crippen molar-refractivity contribution in [2.45, 2.75) is 19.8 Å². The molecule has 0 heterocycles. The van der Waals surface area contributed by atoms with Crippen LogP contribution in [0.2, 0.25) is 0 Å². The lowest BCUT2D eigenvalue weighted by molar-refractivity contribution is 0.305. The number of rotatable bonds is 4. The van der Waals surface area contributed by atoms with Gasteiger partial charge in [0.1, 0.15) is 5.76 Å². The van der Waals surface area contributed by atoms with Gasteiger partial charge in [0.05, 0.1) is 7.11 Å². The smallest absolute Gasteiger partial charge is 0.114 e. The lowest BCUT2D eigenvalue weighted by Gasteiger charge is -1.96. The maximum atomic E-state index is 4.94.